The van der Waals surface area contributed by atoms with Gasteiger partial charge in [0, 0.05) is 17.6 Å². The molecule has 1 heterocycles. The average molecular weight is 245 g/mol. The Labute approximate surface area is 99.9 Å². The molecule has 5 heteroatoms. The van der Waals surface area contributed by atoms with Gasteiger partial charge < -0.3 is 15.6 Å². The van der Waals surface area contributed by atoms with E-state index in [1.807, 2.05) is 11.8 Å². The third kappa shape index (κ3) is 2.70. The van der Waals surface area contributed by atoms with E-state index in [-0.39, 0.29) is 0 Å². The summed E-state index contributed by atoms with van der Waals surface area (Å²) in [7, 11) is 0. The molecule has 3 unspecified atom stereocenters. The Morgan fingerprint density at radius 2 is 2.38 bits per heavy atom. The highest BCUT2D eigenvalue weighted by molar-refractivity contribution is 7.99. The summed E-state index contributed by atoms with van der Waals surface area (Å²) in [5.41, 5.74) is 4.85. The van der Waals surface area contributed by atoms with E-state index in [0.717, 1.165) is 31.6 Å². The lowest BCUT2D eigenvalue weighted by Gasteiger charge is -2.18. The molecule has 16 heavy (non-hydrogen) atoms. The van der Waals surface area contributed by atoms with Gasteiger partial charge in [0.15, 0.2) is 0 Å². The zero-order chi connectivity index (χ0) is 11.6. The second-order valence-corrected chi connectivity index (χ2v) is 6.13. The van der Waals surface area contributed by atoms with Crippen LogP contribution in [0.3, 0.4) is 0 Å². The van der Waals surface area contributed by atoms with Gasteiger partial charge in [-0.2, -0.15) is 11.8 Å². The van der Waals surface area contributed by atoms with Crippen molar-refractivity contribution < 1.29 is 14.6 Å². The molecule has 1 saturated heterocycles. The number of carbonyl (C=O) groups is 1. The molecule has 1 aliphatic heterocycles. The lowest BCUT2D eigenvalue weighted by atomic mass is 10.0. The van der Waals surface area contributed by atoms with Crippen LogP contribution >= 0.6 is 11.8 Å². The number of aliphatic carboxylic acids is 1. The second kappa shape index (κ2) is 4.94. The van der Waals surface area contributed by atoms with Gasteiger partial charge in [0.05, 0.1) is 6.10 Å². The van der Waals surface area contributed by atoms with E-state index in [2.05, 4.69) is 0 Å². The molecule has 3 N–H and O–H groups in total. The Bertz CT molecular complexity index is 268. The number of ether oxygens (including phenoxy) is 1. The van der Waals surface area contributed by atoms with E-state index in [1.165, 1.54) is 0 Å². The molecule has 0 aromatic carbocycles. The van der Waals surface area contributed by atoms with Gasteiger partial charge in [-0.05, 0) is 32.1 Å². The maximum atomic E-state index is 11.0. The average Bonchev–Trinajstić information content (AvgIpc) is 2.85. The minimum Gasteiger partial charge on any atom is -0.480 e. The van der Waals surface area contributed by atoms with Crippen LogP contribution in [0.4, 0.5) is 0 Å². The number of hydrogen-bond acceptors (Lipinski definition) is 4. The van der Waals surface area contributed by atoms with Crippen molar-refractivity contribution in [3.8, 4) is 0 Å². The summed E-state index contributed by atoms with van der Waals surface area (Å²) in [6.45, 7) is 0.881. The highest BCUT2D eigenvalue weighted by atomic mass is 32.2. The second-order valence-electron chi connectivity index (χ2n) is 4.79. The van der Waals surface area contributed by atoms with E-state index >= 15 is 0 Å². The monoisotopic (exact) mass is 245 g/mol. The van der Waals surface area contributed by atoms with Crippen LogP contribution in [0.1, 0.15) is 32.1 Å². The third-order valence-corrected chi connectivity index (χ3v) is 4.91. The molecule has 3 atom stereocenters. The van der Waals surface area contributed by atoms with Crippen LogP contribution in [0.25, 0.3) is 0 Å². The number of nitrogens with two attached hydrogens (primary N) is 1. The smallest absolute Gasteiger partial charge is 0.323 e. The van der Waals surface area contributed by atoms with Crippen molar-refractivity contribution in [3.63, 3.8) is 0 Å². The number of carboxylic acids is 1. The molecule has 0 aromatic rings. The number of carboxylic acid groups (broad SMARTS) is 1. The highest BCUT2D eigenvalue weighted by Gasteiger charge is 2.42. The molecule has 0 aromatic heterocycles. The standard InChI is InChI=1S/C11H19NO3S/c12-11(10(13)14)4-3-9(6-11)16-7-8-2-1-5-15-8/h8-9H,1-7,12H2,(H,13,14). The van der Waals surface area contributed by atoms with Crippen LogP contribution < -0.4 is 5.73 Å². The molecule has 2 aliphatic rings. The van der Waals surface area contributed by atoms with Crippen LogP contribution in [-0.2, 0) is 9.53 Å². The summed E-state index contributed by atoms with van der Waals surface area (Å²) >= 11 is 1.83. The Kier molecular flexibility index (Phi) is 3.77. The number of thioether (sulfide) groups is 1. The summed E-state index contributed by atoms with van der Waals surface area (Å²) in [5.74, 6) is 0.133. The summed E-state index contributed by atoms with van der Waals surface area (Å²) in [5, 5.41) is 9.40. The van der Waals surface area contributed by atoms with Gasteiger partial charge in [0.25, 0.3) is 0 Å². The van der Waals surface area contributed by atoms with Crippen molar-refractivity contribution in [1.29, 1.82) is 0 Å². The Balaban J connectivity index is 1.74. The van der Waals surface area contributed by atoms with E-state index < -0.39 is 11.5 Å². The molecule has 4 nitrogen and oxygen atoms in total. The number of rotatable bonds is 4. The lowest BCUT2D eigenvalue weighted by molar-refractivity contribution is -0.143. The molecule has 1 aliphatic carbocycles. The van der Waals surface area contributed by atoms with Gasteiger partial charge in [-0.15, -0.1) is 0 Å². The van der Waals surface area contributed by atoms with Crippen molar-refractivity contribution in [1.82, 2.24) is 0 Å². The van der Waals surface area contributed by atoms with Crippen molar-refractivity contribution in [2.24, 2.45) is 5.73 Å². The fourth-order valence-corrected chi connectivity index (χ4v) is 3.83. The zero-order valence-electron chi connectivity index (χ0n) is 9.35. The predicted octanol–water partition coefficient (Wildman–Crippen LogP) is 1.23. The van der Waals surface area contributed by atoms with E-state index in [1.54, 1.807) is 0 Å². The first-order valence-electron chi connectivity index (χ1n) is 5.86. The quantitative estimate of drug-likeness (QED) is 0.779. The molecule has 0 bridgehead atoms. The Hall–Kier alpha value is -0.260. The molecule has 0 amide bonds. The molecule has 0 spiro atoms. The summed E-state index contributed by atoms with van der Waals surface area (Å²) in [6, 6.07) is 0. The fourth-order valence-electron chi connectivity index (χ4n) is 2.38. The molecule has 0 radical (unpaired) electrons. The number of hydrogen-bond donors (Lipinski definition) is 2. The summed E-state index contributed by atoms with van der Waals surface area (Å²) in [6.07, 6.45) is 4.80. The largest absolute Gasteiger partial charge is 0.480 e. The molecular weight excluding hydrogens is 226 g/mol. The Morgan fingerprint density at radius 1 is 1.56 bits per heavy atom. The van der Waals surface area contributed by atoms with E-state index in [0.29, 0.717) is 24.2 Å². The van der Waals surface area contributed by atoms with Gasteiger partial charge in [-0.3, -0.25) is 4.79 Å². The van der Waals surface area contributed by atoms with E-state index in [9.17, 15) is 4.79 Å². The first kappa shape index (κ1) is 12.2. The van der Waals surface area contributed by atoms with Crippen LogP contribution in [0.15, 0.2) is 0 Å². The first-order valence-corrected chi connectivity index (χ1v) is 6.90. The predicted molar refractivity (Wildman–Crippen MR) is 63.6 cm³/mol. The van der Waals surface area contributed by atoms with Crippen LogP contribution in [0.2, 0.25) is 0 Å². The van der Waals surface area contributed by atoms with Crippen LogP contribution in [0, 0.1) is 0 Å². The maximum Gasteiger partial charge on any atom is 0.323 e. The fraction of sp³-hybridized carbons (Fsp3) is 0.909. The van der Waals surface area contributed by atoms with E-state index in [4.69, 9.17) is 15.6 Å². The van der Waals surface area contributed by atoms with Crippen LogP contribution in [-0.4, -0.2) is 40.3 Å². The molecule has 2 fully saturated rings. The minimum absolute atomic E-state index is 0.377. The van der Waals surface area contributed by atoms with Gasteiger partial charge >= 0.3 is 5.97 Å². The van der Waals surface area contributed by atoms with Gasteiger partial charge in [-0.1, -0.05) is 0 Å². The van der Waals surface area contributed by atoms with Gasteiger partial charge in [0.2, 0.25) is 0 Å². The highest BCUT2D eigenvalue weighted by Crippen LogP contribution is 2.36. The van der Waals surface area contributed by atoms with Crippen molar-refractivity contribution >= 4 is 17.7 Å². The maximum absolute atomic E-state index is 11.0. The summed E-state index contributed by atoms with van der Waals surface area (Å²) in [4.78, 5) is 11.0. The lowest BCUT2D eigenvalue weighted by Crippen LogP contribution is -2.45. The molecule has 2 rings (SSSR count). The van der Waals surface area contributed by atoms with Crippen molar-refractivity contribution in [3.05, 3.63) is 0 Å². The zero-order valence-corrected chi connectivity index (χ0v) is 10.2. The summed E-state index contributed by atoms with van der Waals surface area (Å²) < 4.78 is 5.54. The van der Waals surface area contributed by atoms with Gasteiger partial charge in [0.1, 0.15) is 5.54 Å². The first-order chi connectivity index (χ1) is 7.60. The molecule has 1 saturated carbocycles. The normalized spacial score (nSPS) is 39.1. The Morgan fingerprint density at radius 3 is 2.94 bits per heavy atom. The topological polar surface area (TPSA) is 72.6 Å². The SMILES string of the molecule is NC1(C(=O)O)CCC(SCC2CCCO2)C1. The van der Waals surface area contributed by atoms with Gasteiger partial charge in [-0.25, -0.2) is 0 Å². The molecular formula is C11H19NO3S. The van der Waals surface area contributed by atoms with Crippen LogP contribution in [0.5, 0.6) is 0 Å². The minimum atomic E-state index is -0.978. The molecule has 92 valence electrons. The van der Waals surface area contributed by atoms with Crippen molar-refractivity contribution in [2.75, 3.05) is 12.4 Å². The van der Waals surface area contributed by atoms with Crippen molar-refractivity contribution in [2.45, 2.75) is 49.0 Å². The third-order valence-electron chi connectivity index (χ3n) is 3.47.